The van der Waals surface area contributed by atoms with Crippen LogP contribution in [0.1, 0.15) is 39.7 Å². The zero-order chi connectivity index (χ0) is 21.4. The van der Waals surface area contributed by atoms with Crippen LogP contribution in [0, 0.1) is 28.9 Å². The van der Waals surface area contributed by atoms with E-state index in [1.54, 1.807) is 19.1 Å². The molecule has 0 aromatic heterocycles. The number of benzene rings is 3. The third-order valence-electron chi connectivity index (χ3n) is 7.10. The summed E-state index contributed by atoms with van der Waals surface area (Å²) in [5, 5.41) is 11.4. The van der Waals surface area contributed by atoms with Gasteiger partial charge in [-0.25, -0.2) is 4.90 Å². The lowest BCUT2D eigenvalue weighted by atomic mass is 9.55. The molecule has 2 unspecified atom stereocenters. The lowest BCUT2D eigenvalue weighted by Crippen LogP contribution is -2.41. The van der Waals surface area contributed by atoms with Gasteiger partial charge in [-0.2, -0.15) is 0 Å². The van der Waals surface area contributed by atoms with Gasteiger partial charge < -0.3 is 0 Å². The normalized spacial score (nSPS) is 25.3. The minimum atomic E-state index is -0.498. The van der Waals surface area contributed by atoms with Gasteiger partial charge in [-0.1, -0.05) is 54.6 Å². The first-order valence-electron chi connectivity index (χ1n) is 10.3. The predicted octanol–water partition coefficient (Wildman–Crippen LogP) is 4.30. The zero-order valence-corrected chi connectivity index (χ0v) is 16.7. The molecule has 1 heterocycles. The summed E-state index contributed by atoms with van der Waals surface area (Å²) >= 11 is 0. The summed E-state index contributed by atoms with van der Waals surface area (Å²) in [4.78, 5) is 39.5. The number of imide groups is 1. The van der Waals surface area contributed by atoms with E-state index in [4.69, 9.17) is 0 Å². The van der Waals surface area contributed by atoms with Crippen LogP contribution in [0.2, 0.25) is 0 Å². The van der Waals surface area contributed by atoms with Crippen LogP contribution >= 0.6 is 0 Å². The molecule has 3 aliphatic carbocycles. The predicted molar refractivity (Wildman–Crippen MR) is 114 cm³/mol. The highest BCUT2D eigenvalue weighted by atomic mass is 16.6. The Balaban J connectivity index is 1.54. The van der Waals surface area contributed by atoms with Gasteiger partial charge in [-0.05, 0) is 35.2 Å². The average molecular weight is 410 g/mol. The molecule has 3 aromatic rings. The van der Waals surface area contributed by atoms with E-state index in [-0.39, 0.29) is 35.0 Å². The second-order valence-corrected chi connectivity index (χ2v) is 8.50. The quantitative estimate of drug-likeness (QED) is 0.358. The van der Waals surface area contributed by atoms with E-state index in [9.17, 15) is 19.7 Å². The Morgan fingerprint density at radius 1 is 0.774 bits per heavy atom. The molecule has 1 fully saturated rings. The molecule has 0 N–H and O–H groups in total. The molecule has 2 amide bonds. The molecule has 6 heteroatoms. The highest BCUT2D eigenvalue weighted by molar-refractivity contribution is 6.23. The van der Waals surface area contributed by atoms with Crippen molar-refractivity contribution in [3.8, 4) is 0 Å². The SMILES string of the molecule is Cc1ccc(N2C(=O)C3C4c5ccccc5C(c5ccccc54)C3C2=O)cc1[N+](=O)[O-]. The molecule has 152 valence electrons. The van der Waals surface area contributed by atoms with Crippen LogP contribution in [0.15, 0.2) is 66.7 Å². The maximum atomic E-state index is 13.7. The Labute approximate surface area is 178 Å². The number of nitro benzene ring substituents is 1. The summed E-state index contributed by atoms with van der Waals surface area (Å²) in [7, 11) is 0. The van der Waals surface area contributed by atoms with E-state index in [1.807, 2.05) is 24.3 Å². The molecule has 1 saturated heterocycles. The zero-order valence-electron chi connectivity index (χ0n) is 16.7. The van der Waals surface area contributed by atoms with Gasteiger partial charge in [0.05, 0.1) is 22.4 Å². The maximum Gasteiger partial charge on any atom is 0.274 e. The minimum absolute atomic E-state index is 0.0949. The number of amides is 2. The summed E-state index contributed by atoms with van der Waals surface area (Å²) in [6.45, 7) is 1.64. The van der Waals surface area contributed by atoms with Crippen molar-refractivity contribution in [3.63, 3.8) is 0 Å². The van der Waals surface area contributed by atoms with E-state index in [0.717, 1.165) is 22.3 Å². The molecule has 31 heavy (non-hydrogen) atoms. The fourth-order valence-electron chi connectivity index (χ4n) is 5.87. The molecule has 3 aromatic carbocycles. The lowest BCUT2D eigenvalue weighted by molar-refractivity contribution is -0.385. The largest absolute Gasteiger partial charge is 0.274 e. The van der Waals surface area contributed by atoms with Gasteiger partial charge in [0.15, 0.2) is 0 Å². The van der Waals surface area contributed by atoms with Gasteiger partial charge in [-0.15, -0.1) is 0 Å². The van der Waals surface area contributed by atoms with Crippen molar-refractivity contribution in [1.29, 1.82) is 0 Å². The maximum absolute atomic E-state index is 13.7. The average Bonchev–Trinajstić information content (AvgIpc) is 3.05. The van der Waals surface area contributed by atoms with Crippen LogP contribution in [-0.4, -0.2) is 16.7 Å². The number of nitro groups is 1. The van der Waals surface area contributed by atoms with E-state index in [1.165, 1.54) is 11.0 Å². The van der Waals surface area contributed by atoms with Gasteiger partial charge in [0.25, 0.3) is 5.69 Å². The van der Waals surface area contributed by atoms with E-state index < -0.39 is 16.8 Å². The molecule has 2 atom stereocenters. The van der Waals surface area contributed by atoms with E-state index in [2.05, 4.69) is 24.3 Å². The fraction of sp³-hybridized carbons (Fsp3) is 0.200. The van der Waals surface area contributed by atoms with Crippen molar-refractivity contribution >= 4 is 23.2 Å². The molecule has 0 radical (unpaired) electrons. The molecule has 2 bridgehead atoms. The fourth-order valence-corrected chi connectivity index (χ4v) is 5.87. The lowest BCUT2D eigenvalue weighted by Gasteiger charge is -2.45. The summed E-state index contributed by atoms with van der Waals surface area (Å²) < 4.78 is 0. The number of hydrogen-bond acceptors (Lipinski definition) is 4. The van der Waals surface area contributed by atoms with E-state index >= 15 is 0 Å². The second kappa shape index (κ2) is 6.11. The monoisotopic (exact) mass is 410 g/mol. The van der Waals surface area contributed by atoms with Crippen molar-refractivity contribution < 1.29 is 14.5 Å². The number of carbonyl (C=O) groups is 2. The van der Waals surface area contributed by atoms with Gasteiger partial charge in [0.1, 0.15) is 0 Å². The summed E-state index contributed by atoms with van der Waals surface area (Å²) in [5.74, 6) is -1.92. The third-order valence-corrected chi connectivity index (χ3v) is 7.10. The first-order chi connectivity index (χ1) is 15.0. The van der Waals surface area contributed by atoms with Crippen molar-refractivity contribution in [2.24, 2.45) is 11.8 Å². The molecular weight excluding hydrogens is 392 g/mol. The number of rotatable bonds is 2. The number of carbonyl (C=O) groups excluding carboxylic acids is 2. The van der Waals surface area contributed by atoms with Gasteiger partial charge in [-0.3, -0.25) is 19.7 Å². The Hall–Kier alpha value is -3.80. The molecule has 1 aliphatic heterocycles. The summed E-state index contributed by atoms with van der Waals surface area (Å²) in [6, 6.07) is 20.6. The van der Waals surface area contributed by atoms with Crippen LogP contribution in [0.25, 0.3) is 0 Å². The first kappa shape index (κ1) is 18.0. The van der Waals surface area contributed by atoms with Crippen molar-refractivity contribution in [2.45, 2.75) is 18.8 Å². The standard InChI is InChI=1S/C25H18N2O4/c1-13-10-11-14(12-19(13)27(30)31)26-24(28)22-20-15-6-2-3-7-16(15)21(23(22)25(26)29)18-9-5-4-8-17(18)20/h2-12,20-23H,1H3. The Morgan fingerprint density at radius 3 is 1.65 bits per heavy atom. The van der Waals surface area contributed by atoms with Crippen LogP contribution in [0.3, 0.4) is 0 Å². The van der Waals surface area contributed by atoms with Crippen molar-refractivity contribution in [3.05, 3.63) is 105 Å². The highest BCUT2D eigenvalue weighted by Gasteiger charge is 2.61. The van der Waals surface area contributed by atoms with Gasteiger partial charge in [0.2, 0.25) is 11.8 Å². The molecule has 0 saturated carbocycles. The summed E-state index contributed by atoms with van der Waals surface area (Å²) in [6.07, 6.45) is 0. The second-order valence-electron chi connectivity index (χ2n) is 8.50. The molecular formula is C25H18N2O4. The van der Waals surface area contributed by atoms with Crippen LogP contribution in [-0.2, 0) is 9.59 Å². The Bertz CT molecular complexity index is 1200. The number of hydrogen-bond donors (Lipinski definition) is 0. The molecule has 6 nitrogen and oxygen atoms in total. The molecule has 4 aliphatic rings. The number of nitrogens with zero attached hydrogens (tertiary/aromatic N) is 2. The number of anilines is 1. The molecule has 0 spiro atoms. The van der Waals surface area contributed by atoms with Crippen LogP contribution < -0.4 is 4.90 Å². The third kappa shape index (κ3) is 2.22. The van der Waals surface area contributed by atoms with Crippen LogP contribution in [0.4, 0.5) is 11.4 Å². The topological polar surface area (TPSA) is 80.5 Å². The Kier molecular flexibility index (Phi) is 3.55. The minimum Gasteiger partial charge on any atom is -0.274 e. The molecule has 7 rings (SSSR count). The van der Waals surface area contributed by atoms with Crippen molar-refractivity contribution in [2.75, 3.05) is 4.90 Å². The smallest absolute Gasteiger partial charge is 0.274 e. The Morgan fingerprint density at radius 2 is 1.23 bits per heavy atom. The number of aryl methyl sites for hydroxylation is 1. The van der Waals surface area contributed by atoms with Crippen molar-refractivity contribution in [1.82, 2.24) is 0 Å². The summed E-state index contributed by atoms with van der Waals surface area (Å²) in [5.41, 5.74) is 5.08. The van der Waals surface area contributed by atoms with Gasteiger partial charge in [0, 0.05) is 23.5 Å². The highest BCUT2D eigenvalue weighted by Crippen LogP contribution is 2.61. The van der Waals surface area contributed by atoms with Crippen LogP contribution in [0.5, 0.6) is 0 Å². The van der Waals surface area contributed by atoms with Gasteiger partial charge >= 0.3 is 0 Å². The first-order valence-corrected chi connectivity index (χ1v) is 10.3. The van der Waals surface area contributed by atoms with E-state index in [0.29, 0.717) is 5.56 Å².